The Morgan fingerprint density at radius 3 is 2.62 bits per heavy atom. The number of hydrogen-bond acceptors (Lipinski definition) is 5. The molecule has 0 aliphatic rings. The summed E-state index contributed by atoms with van der Waals surface area (Å²) in [4.78, 5) is 11.2. The predicted molar refractivity (Wildman–Crippen MR) is 83.1 cm³/mol. The number of ether oxygens (including phenoxy) is 3. The monoisotopic (exact) mass is 295 g/mol. The Labute approximate surface area is 126 Å². The maximum atomic E-state index is 11.2. The molecule has 1 aromatic carbocycles. The Bertz CT molecular complexity index is 434. The number of carbonyl (C=O) groups excluding carboxylic acids is 1. The lowest BCUT2D eigenvalue weighted by molar-refractivity contribution is -0.143. The van der Waals surface area contributed by atoms with Crippen molar-refractivity contribution >= 4 is 11.7 Å². The molecule has 0 aliphatic heterocycles. The summed E-state index contributed by atoms with van der Waals surface area (Å²) in [6, 6.07) is 5.66. The van der Waals surface area contributed by atoms with Crippen LogP contribution in [0.3, 0.4) is 0 Å². The smallest absolute Gasteiger partial charge is 0.305 e. The van der Waals surface area contributed by atoms with Crippen LogP contribution in [0.25, 0.3) is 0 Å². The van der Waals surface area contributed by atoms with Crippen LogP contribution in [0.2, 0.25) is 0 Å². The highest BCUT2D eigenvalue weighted by Gasteiger charge is 2.04. The zero-order chi connectivity index (χ0) is 15.5. The molecule has 5 heteroatoms. The van der Waals surface area contributed by atoms with Crippen LogP contribution < -0.4 is 14.8 Å². The maximum Gasteiger partial charge on any atom is 0.305 e. The molecular formula is C16H25NO4. The van der Waals surface area contributed by atoms with E-state index in [0.717, 1.165) is 43.0 Å². The number of methoxy groups -OCH3 is 2. The molecule has 1 rings (SSSR count). The average Bonchev–Trinajstić information content (AvgIpc) is 2.50. The van der Waals surface area contributed by atoms with Gasteiger partial charge in [-0.1, -0.05) is 6.42 Å². The number of esters is 1. The highest BCUT2D eigenvalue weighted by molar-refractivity contribution is 5.69. The molecule has 0 spiro atoms. The number of carbonyl (C=O) groups is 1. The van der Waals surface area contributed by atoms with Crippen LogP contribution in [0, 0.1) is 0 Å². The highest BCUT2D eigenvalue weighted by Crippen LogP contribution is 2.28. The third-order valence-electron chi connectivity index (χ3n) is 3.09. The molecular weight excluding hydrogens is 270 g/mol. The molecule has 0 amide bonds. The number of hydrogen-bond donors (Lipinski definition) is 1. The van der Waals surface area contributed by atoms with Crippen molar-refractivity contribution in [1.29, 1.82) is 0 Å². The molecule has 5 nitrogen and oxygen atoms in total. The van der Waals surface area contributed by atoms with Crippen LogP contribution in [0.4, 0.5) is 5.69 Å². The molecule has 0 aliphatic carbocycles. The second-order valence-electron chi connectivity index (χ2n) is 4.61. The van der Waals surface area contributed by atoms with E-state index >= 15 is 0 Å². The van der Waals surface area contributed by atoms with Crippen LogP contribution in [0.15, 0.2) is 18.2 Å². The first kappa shape index (κ1) is 17.1. The fourth-order valence-electron chi connectivity index (χ4n) is 1.98. The molecule has 1 N–H and O–H groups in total. The molecule has 1 aromatic rings. The van der Waals surface area contributed by atoms with Gasteiger partial charge in [0.1, 0.15) is 11.5 Å². The number of unbranched alkanes of at least 4 members (excludes halogenated alkanes) is 2. The third kappa shape index (κ3) is 6.38. The number of anilines is 1. The number of benzene rings is 1. The Balaban J connectivity index is 2.27. The third-order valence-corrected chi connectivity index (χ3v) is 3.09. The van der Waals surface area contributed by atoms with Crippen molar-refractivity contribution in [3.05, 3.63) is 18.2 Å². The normalized spacial score (nSPS) is 10.0. The first-order valence-electron chi connectivity index (χ1n) is 7.32. The molecule has 0 saturated carbocycles. The Morgan fingerprint density at radius 1 is 1.14 bits per heavy atom. The van der Waals surface area contributed by atoms with Crippen LogP contribution in [-0.4, -0.2) is 33.3 Å². The molecule has 0 heterocycles. The van der Waals surface area contributed by atoms with Gasteiger partial charge in [0.2, 0.25) is 0 Å². The summed E-state index contributed by atoms with van der Waals surface area (Å²) in [5.41, 5.74) is 0.919. The minimum atomic E-state index is -0.111. The molecule has 118 valence electrons. The van der Waals surface area contributed by atoms with E-state index in [1.165, 1.54) is 0 Å². The summed E-state index contributed by atoms with van der Waals surface area (Å²) in [5, 5.41) is 3.33. The fourth-order valence-corrected chi connectivity index (χ4v) is 1.98. The van der Waals surface area contributed by atoms with E-state index in [1.807, 2.05) is 25.1 Å². The van der Waals surface area contributed by atoms with Gasteiger partial charge in [0, 0.05) is 19.0 Å². The summed E-state index contributed by atoms with van der Waals surface area (Å²) in [5.74, 6) is 1.47. The molecule has 0 bridgehead atoms. The number of nitrogens with one attached hydrogen (secondary N) is 1. The van der Waals surface area contributed by atoms with Crippen molar-refractivity contribution in [3.63, 3.8) is 0 Å². The van der Waals surface area contributed by atoms with E-state index < -0.39 is 0 Å². The van der Waals surface area contributed by atoms with Gasteiger partial charge >= 0.3 is 5.97 Å². The first-order valence-corrected chi connectivity index (χ1v) is 7.32. The van der Waals surface area contributed by atoms with Crippen LogP contribution in [-0.2, 0) is 9.53 Å². The van der Waals surface area contributed by atoms with E-state index in [-0.39, 0.29) is 5.97 Å². The molecule has 21 heavy (non-hydrogen) atoms. The summed E-state index contributed by atoms with van der Waals surface area (Å²) in [6.07, 6.45) is 3.32. The molecule has 0 radical (unpaired) electrons. The maximum absolute atomic E-state index is 11.2. The molecule has 0 fully saturated rings. The lowest BCUT2D eigenvalue weighted by Crippen LogP contribution is -2.05. The average molecular weight is 295 g/mol. The van der Waals surface area contributed by atoms with Gasteiger partial charge in [-0.25, -0.2) is 0 Å². The van der Waals surface area contributed by atoms with E-state index in [1.54, 1.807) is 14.2 Å². The first-order chi connectivity index (χ1) is 10.2. The number of rotatable bonds is 10. The summed E-state index contributed by atoms with van der Waals surface area (Å²) >= 11 is 0. The fraction of sp³-hybridized carbons (Fsp3) is 0.562. The second kappa shape index (κ2) is 9.91. The van der Waals surface area contributed by atoms with Gasteiger partial charge in [0.25, 0.3) is 0 Å². The summed E-state index contributed by atoms with van der Waals surface area (Å²) in [6.45, 7) is 3.10. The summed E-state index contributed by atoms with van der Waals surface area (Å²) in [7, 11) is 3.29. The Morgan fingerprint density at radius 2 is 1.95 bits per heavy atom. The zero-order valence-electron chi connectivity index (χ0n) is 13.1. The molecule has 0 unspecified atom stereocenters. The van der Waals surface area contributed by atoms with Gasteiger partial charge in [-0.15, -0.1) is 0 Å². The van der Waals surface area contributed by atoms with Gasteiger partial charge in [0.05, 0.1) is 26.5 Å². The van der Waals surface area contributed by atoms with Crippen LogP contribution in [0.5, 0.6) is 11.5 Å². The van der Waals surface area contributed by atoms with Gasteiger partial charge < -0.3 is 19.5 Å². The van der Waals surface area contributed by atoms with E-state index in [9.17, 15) is 4.79 Å². The van der Waals surface area contributed by atoms with E-state index in [2.05, 4.69) is 5.32 Å². The highest BCUT2D eigenvalue weighted by atomic mass is 16.5. The lowest BCUT2D eigenvalue weighted by atomic mass is 10.2. The Kier molecular flexibility index (Phi) is 8.09. The standard InChI is InChI=1S/C16H25NO4/c1-4-21-16(18)8-6-5-7-11-17-14-12-13(19-2)9-10-15(14)20-3/h9-10,12,17H,4-8,11H2,1-3H3. The minimum Gasteiger partial charge on any atom is -0.497 e. The SMILES string of the molecule is CCOC(=O)CCCCCNc1cc(OC)ccc1OC. The molecule has 0 atom stereocenters. The van der Waals surface area contributed by atoms with Crippen LogP contribution in [0.1, 0.15) is 32.6 Å². The Hall–Kier alpha value is -1.91. The quantitative estimate of drug-likeness (QED) is 0.530. The zero-order valence-corrected chi connectivity index (χ0v) is 13.1. The van der Waals surface area contributed by atoms with E-state index in [0.29, 0.717) is 13.0 Å². The van der Waals surface area contributed by atoms with Crippen molar-refractivity contribution in [1.82, 2.24) is 0 Å². The molecule has 0 aromatic heterocycles. The van der Waals surface area contributed by atoms with Crippen molar-refractivity contribution in [2.24, 2.45) is 0 Å². The largest absolute Gasteiger partial charge is 0.497 e. The minimum absolute atomic E-state index is 0.111. The van der Waals surface area contributed by atoms with Gasteiger partial charge in [-0.3, -0.25) is 4.79 Å². The van der Waals surface area contributed by atoms with Crippen molar-refractivity contribution in [3.8, 4) is 11.5 Å². The van der Waals surface area contributed by atoms with Gasteiger partial charge in [0.15, 0.2) is 0 Å². The van der Waals surface area contributed by atoms with Crippen molar-refractivity contribution in [2.75, 3.05) is 32.7 Å². The topological polar surface area (TPSA) is 56.8 Å². The van der Waals surface area contributed by atoms with Crippen LogP contribution >= 0.6 is 0 Å². The van der Waals surface area contributed by atoms with Gasteiger partial charge in [-0.05, 0) is 31.9 Å². The predicted octanol–water partition coefficient (Wildman–Crippen LogP) is 3.24. The van der Waals surface area contributed by atoms with Crippen molar-refractivity contribution < 1.29 is 19.0 Å². The van der Waals surface area contributed by atoms with Gasteiger partial charge in [-0.2, -0.15) is 0 Å². The van der Waals surface area contributed by atoms with Crippen molar-refractivity contribution in [2.45, 2.75) is 32.6 Å². The second-order valence-corrected chi connectivity index (χ2v) is 4.61. The van der Waals surface area contributed by atoms with E-state index in [4.69, 9.17) is 14.2 Å². The summed E-state index contributed by atoms with van der Waals surface area (Å²) < 4.78 is 15.4. The lowest BCUT2D eigenvalue weighted by Gasteiger charge is -2.12. The molecule has 0 saturated heterocycles.